The van der Waals surface area contributed by atoms with E-state index in [1.807, 2.05) is 6.07 Å². The van der Waals surface area contributed by atoms with Crippen molar-refractivity contribution in [2.75, 3.05) is 7.11 Å². The molecule has 2 rings (SSSR count). The van der Waals surface area contributed by atoms with Crippen molar-refractivity contribution in [2.45, 2.75) is 6.54 Å². The van der Waals surface area contributed by atoms with Gasteiger partial charge in [0.2, 0.25) is 0 Å². The van der Waals surface area contributed by atoms with Crippen LogP contribution in [0.1, 0.15) is 5.56 Å². The Bertz CT molecular complexity index is 483. The lowest BCUT2D eigenvalue weighted by molar-refractivity contribution is 0.414. The number of ether oxygens (including phenoxy) is 1. The zero-order chi connectivity index (χ0) is 11.5. The van der Waals surface area contributed by atoms with Gasteiger partial charge >= 0.3 is 0 Å². The van der Waals surface area contributed by atoms with Crippen molar-refractivity contribution in [1.29, 1.82) is 0 Å². The number of oxazole rings is 1. The lowest BCUT2D eigenvalue weighted by Crippen LogP contribution is -1.98. The molecule has 4 nitrogen and oxygen atoms in total. The molecule has 0 unspecified atom stereocenters. The molecule has 2 N–H and O–H groups in total. The van der Waals surface area contributed by atoms with E-state index in [1.54, 1.807) is 19.4 Å². The Morgan fingerprint density at radius 2 is 2.31 bits per heavy atom. The van der Waals surface area contributed by atoms with Crippen molar-refractivity contribution >= 4 is 11.6 Å². The monoisotopic (exact) mass is 238 g/mol. The summed E-state index contributed by atoms with van der Waals surface area (Å²) in [6.07, 6.45) is 2.94. The molecule has 1 aromatic heterocycles. The Balaban J connectivity index is 2.60. The van der Waals surface area contributed by atoms with Crippen LogP contribution in [0.25, 0.3) is 11.3 Å². The molecule has 0 fully saturated rings. The van der Waals surface area contributed by atoms with Gasteiger partial charge in [0.15, 0.2) is 12.2 Å². The molecule has 0 atom stereocenters. The highest BCUT2D eigenvalue weighted by Crippen LogP contribution is 2.37. The second-order valence-corrected chi connectivity index (χ2v) is 3.63. The van der Waals surface area contributed by atoms with E-state index in [0.717, 1.165) is 5.56 Å². The number of nitrogens with zero attached hydrogens (tertiary/aromatic N) is 1. The predicted octanol–water partition coefficient (Wildman–Crippen LogP) is 2.46. The van der Waals surface area contributed by atoms with Crippen molar-refractivity contribution in [3.63, 3.8) is 0 Å². The molecule has 0 radical (unpaired) electrons. The van der Waals surface area contributed by atoms with Crippen LogP contribution >= 0.6 is 11.6 Å². The largest absolute Gasteiger partial charge is 0.496 e. The number of benzene rings is 1. The molecule has 1 aromatic carbocycles. The minimum Gasteiger partial charge on any atom is -0.496 e. The van der Waals surface area contributed by atoms with Gasteiger partial charge < -0.3 is 14.9 Å². The third kappa shape index (κ3) is 1.89. The Labute approximate surface area is 98.0 Å². The van der Waals surface area contributed by atoms with Gasteiger partial charge in [0.25, 0.3) is 0 Å². The molecule has 0 aliphatic heterocycles. The molecule has 0 spiro atoms. The Hall–Kier alpha value is -1.52. The lowest BCUT2D eigenvalue weighted by atomic mass is 10.1. The molecule has 0 amide bonds. The van der Waals surface area contributed by atoms with Gasteiger partial charge in [0.05, 0.1) is 23.9 Å². The summed E-state index contributed by atoms with van der Waals surface area (Å²) in [5.41, 5.74) is 7.16. The van der Waals surface area contributed by atoms with Crippen LogP contribution in [-0.4, -0.2) is 12.1 Å². The van der Waals surface area contributed by atoms with Crippen molar-refractivity contribution in [1.82, 2.24) is 4.98 Å². The van der Waals surface area contributed by atoms with Crippen LogP contribution in [0, 0.1) is 0 Å². The molecule has 0 aliphatic carbocycles. The van der Waals surface area contributed by atoms with E-state index in [9.17, 15) is 0 Å². The van der Waals surface area contributed by atoms with Crippen molar-refractivity contribution in [2.24, 2.45) is 5.73 Å². The van der Waals surface area contributed by atoms with Gasteiger partial charge in [-0.3, -0.25) is 0 Å². The van der Waals surface area contributed by atoms with E-state index in [4.69, 9.17) is 26.5 Å². The first-order chi connectivity index (χ1) is 7.76. The normalized spacial score (nSPS) is 10.4. The number of hydrogen-bond acceptors (Lipinski definition) is 4. The smallest absolute Gasteiger partial charge is 0.181 e. The maximum absolute atomic E-state index is 6.16. The minimum atomic E-state index is 0.409. The van der Waals surface area contributed by atoms with Gasteiger partial charge in [0, 0.05) is 6.54 Å². The minimum absolute atomic E-state index is 0.409. The average molecular weight is 239 g/mol. The standard InChI is InChI=1S/C11H11ClN2O2/c1-15-9-3-7(4-13)2-8(12)11(9)10-5-14-6-16-10/h2-3,5-6H,4,13H2,1H3. The van der Waals surface area contributed by atoms with Gasteiger partial charge in [-0.25, -0.2) is 4.98 Å². The number of nitrogens with two attached hydrogens (primary N) is 1. The number of methoxy groups -OCH3 is 1. The van der Waals surface area contributed by atoms with E-state index >= 15 is 0 Å². The summed E-state index contributed by atoms with van der Waals surface area (Å²) in [5, 5.41) is 0.538. The van der Waals surface area contributed by atoms with Crippen LogP contribution in [0.3, 0.4) is 0 Å². The molecule has 0 aliphatic rings. The van der Waals surface area contributed by atoms with Gasteiger partial charge in [0.1, 0.15) is 5.75 Å². The van der Waals surface area contributed by atoms with Crippen LogP contribution in [-0.2, 0) is 6.54 Å². The average Bonchev–Trinajstić information content (AvgIpc) is 2.81. The number of halogens is 1. The Morgan fingerprint density at radius 1 is 1.50 bits per heavy atom. The molecule has 0 saturated carbocycles. The Kier molecular flexibility index (Phi) is 3.12. The van der Waals surface area contributed by atoms with Crippen LogP contribution in [0.4, 0.5) is 0 Å². The quantitative estimate of drug-likeness (QED) is 0.892. The molecule has 2 aromatic rings. The highest BCUT2D eigenvalue weighted by Gasteiger charge is 2.14. The number of aromatic nitrogens is 1. The van der Waals surface area contributed by atoms with Crippen molar-refractivity contribution < 1.29 is 9.15 Å². The maximum Gasteiger partial charge on any atom is 0.181 e. The summed E-state index contributed by atoms with van der Waals surface area (Å²) in [4.78, 5) is 3.85. The highest BCUT2D eigenvalue weighted by molar-refractivity contribution is 6.33. The first-order valence-corrected chi connectivity index (χ1v) is 5.09. The number of rotatable bonds is 3. The SMILES string of the molecule is COc1cc(CN)cc(Cl)c1-c1cnco1. The second kappa shape index (κ2) is 4.55. The molecule has 5 heteroatoms. The highest BCUT2D eigenvalue weighted by atomic mass is 35.5. The molecule has 0 saturated heterocycles. The van der Waals surface area contributed by atoms with Crippen molar-refractivity contribution in [3.8, 4) is 17.1 Å². The molecular formula is C11H11ClN2O2. The summed E-state index contributed by atoms with van der Waals surface area (Å²) < 4.78 is 10.5. The van der Waals surface area contributed by atoms with Gasteiger partial charge in [-0.1, -0.05) is 11.6 Å². The van der Waals surface area contributed by atoms with Crippen LogP contribution in [0.2, 0.25) is 5.02 Å². The summed E-state index contributed by atoms with van der Waals surface area (Å²) in [7, 11) is 1.58. The first kappa shape index (κ1) is 11.0. The zero-order valence-electron chi connectivity index (χ0n) is 8.74. The van der Waals surface area contributed by atoms with Crippen molar-refractivity contribution in [3.05, 3.63) is 35.3 Å². The van der Waals surface area contributed by atoms with Crippen LogP contribution in [0.5, 0.6) is 5.75 Å². The van der Waals surface area contributed by atoms with E-state index in [2.05, 4.69) is 4.98 Å². The van der Waals surface area contributed by atoms with Crippen LogP contribution < -0.4 is 10.5 Å². The second-order valence-electron chi connectivity index (χ2n) is 3.22. The number of hydrogen-bond donors (Lipinski definition) is 1. The van der Waals surface area contributed by atoms with E-state index in [0.29, 0.717) is 28.6 Å². The zero-order valence-corrected chi connectivity index (χ0v) is 9.49. The molecule has 1 heterocycles. The van der Waals surface area contributed by atoms with Gasteiger partial charge in [-0.15, -0.1) is 0 Å². The summed E-state index contributed by atoms with van der Waals surface area (Å²) in [6.45, 7) is 0.409. The van der Waals surface area contributed by atoms with Gasteiger partial charge in [-0.2, -0.15) is 0 Å². The summed E-state index contributed by atoms with van der Waals surface area (Å²) >= 11 is 6.16. The molecule has 84 valence electrons. The van der Waals surface area contributed by atoms with E-state index < -0.39 is 0 Å². The van der Waals surface area contributed by atoms with E-state index in [-0.39, 0.29) is 0 Å². The summed E-state index contributed by atoms with van der Waals surface area (Å²) in [6, 6.07) is 3.63. The third-order valence-electron chi connectivity index (χ3n) is 2.25. The first-order valence-electron chi connectivity index (χ1n) is 4.71. The molecule has 0 bridgehead atoms. The topological polar surface area (TPSA) is 61.3 Å². The fourth-order valence-electron chi connectivity index (χ4n) is 1.49. The van der Waals surface area contributed by atoms with Crippen LogP contribution in [0.15, 0.2) is 29.1 Å². The summed E-state index contributed by atoms with van der Waals surface area (Å²) in [5.74, 6) is 1.20. The van der Waals surface area contributed by atoms with Gasteiger partial charge in [-0.05, 0) is 17.7 Å². The van der Waals surface area contributed by atoms with E-state index in [1.165, 1.54) is 6.39 Å². The Morgan fingerprint density at radius 3 is 2.88 bits per heavy atom. The maximum atomic E-state index is 6.16. The molecule has 16 heavy (non-hydrogen) atoms. The lowest BCUT2D eigenvalue weighted by Gasteiger charge is -2.10. The fraction of sp³-hybridized carbons (Fsp3) is 0.182. The predicted molar refractivity (Wildman–Crippen MR) is 61.4 cm³/mol. The molecular weight excluding hydrogens is 228 g/mol. The third-order valence-corrected chi connectivity index (χ3v) is 2.55. The fourth-order valence-corrected chi connectivity index (χ4v) is 1.82.